The first kappa shape index (κ1) is 7.04. The van der Waals surface area contributed by atoms with Gasteiger partial charge in [0.25, 0.3) is 0 Å². The predicted octanol–water partition coefficient (Wildman–Crippen LogP) is 2.78. The molecule has 0 spiro atoms. The van der Waals surface area contributed by atoms with E-state index in [0.717, 1.165) is 12.8 Å². The van der Waals surface area contributed by atoms with Gasteiger partial charge in [0.05, 0.1) is 0 Å². The van der Waals surface area contributed by atoms with Crippen LogP contribution in [0.1, 0.15) is 33.6 Å². The van der Waals surface area contributed by atoms with Crippen LogP contribution in [0.5, 0.6) is 0 Å². The van der Waals surface area contributed by atoms with Crippen LogP contribution in [0, 0.1) is 11.8 Å². The molecule has 0 bridgehead atoms. The summed E-state index contributed by atoms with van der Waals surface area (Å²) in [4.78, 5) is 0. The van der Waals surface area contributed by atoms with E-state index in [2.05, 4.69) is 6.92 Å². The highest BCUT2D eigenvalue weighted by molar-refractivity contribution is 5.06. The molecule has 1 rings (SSSR count). The van der Waals surface area contributed by atoms with Crippen molar-refractivity contribution in [1.29, 1.82) is 0 Å². The van der Waals surface area contributed by atoms with Gasteiger partial charge in [-0.3, -0.25) is 0 Å². The molecule has 0 heterocycles. The molecule has 0 aromatic carbocycles. The molecule has 9 heavy (non-hydrogen) atoms. The molecule has 1 heteroatoms. The van der Waals surface area contributed by atoms with Crippen LogP contribution in [0.15, 0.2) is 0 Å². The fourth-order valence-electron chi connectivity index (χ4n) is 1.63. The Morgan fingerprint density at radius 1 is 1.56 bits per heavy atom. The molecule has 0 radical (unpaired) electrons. The van der Waals surface area contributed by atoms with Crippen LogP contribution in [0.2, 0.25) is 0 Å². The average Bonchev–Trinajstić information content (AvgIpc) is 2.19. The number of hydrogen-bond acceptors (Lipinski definition) is 0. The molecule has 0 N–H and O–H groups in total. The molecule has 1 fully saturated rings. The summed E-state index contributed by atoms with van der Waals surface area (Å²) >= 11 is 0. The summed E-state index contributed by atoms with van der Waals surface area (Å²) in [5, 5.41) is 0. The first-order valence-corrected chi connectivity index (χ1v) is 3.79. The zero-order chi connectivity index (χ0) is 7.07. The van der Waals surface area contributed by atoms with Crippen LogP contribution in [-0.2, 0) is 0 Å². The summed E-state index contributed by atoms with van der Waals surface area (Å²) in [5.74, 6) is 0.681. The highest BCUT2D eigenvalue weighted by Crippen LogP contribution is 2.55. The van der Waals surface area contributed by atoms with E-state index >= 15 is 0 Å². The van der Waals surface area contributed by atoms with Gasteiger partial charge in [-0.15, -0.1) is 0 Å². The fraction of sp³-hybridized carbons (Fsp3) is 1.00. The SMILES string of the molecule is CCCC1C(C)C1(C)F. The van der Waals surface area contributed by atoms with Gasteiger partial charge in [0, 0.05) is 0 Å². The Balaban J connectivity index is 2.33. The van der Waals surface area contributed by atoms with Gasteiger partial charge in [0.1, 0.15) is 5.67 Å². The van der Waals surface area contributed by atoms with Crippen LogP contribution in [0.3, 0.4) is 0 Å². The summed E-state index contributed by atoms with van der Waals surface area (Å²) in [6.07, 6.45) is 2.18. The van der Waals surface area contributed by atoms with Crippen molar-refractivity contribution in [2.24, 2.45) is 11.8 Å². The Kier molecular flexibility index (Phi) is 1.54. The van der Waals surface area contributed by atoms with Crippen LogP contribution in [0.4, 0.5) is 4.39 Å². The molecule has 0 aliphatic heterocycles. The zero-order valence-corrected chi connectivity index (χ0v) is 6.45. The first-order valence-electron chi connectivity index (χ1n) is 3.79. The van der Waals surface area contributed by atoms with Crippen LogP contribution in [0.25, 0.3) is 0 Å². The highest BCUT2D eigenvalue weighted by Gasteiger charge is 2.58. The zero-order valence-electron chi connectivity index (χ0n) is 6.45. The van der Waals surface area contributed by atoms with Gasteiger partial charge in [-0.2, -0.15) is 0 Å². The molecule has 1 aliphatic carbocycles. The van der Waals surface area contributed by atoms with E-state index in [1.165, 1.54) is 0 Å². The molecular weight excluding hydrogens is 115 g/mol. The number of hydrogen-bond donors (Lipinski definition) is 0. The Labute approximate surface area is 56.5 Å². The molecule has 0 saturated heterocycles. The third kappa shape index (κ3) is 0.973. The summed E-state index contributed by atoms with van der Waals surface area (Å²) < 4.78 is 13.0. The van der Waals surface area contributed by atoms with Gasteiger partial charge in [0.15, 0.2) is 0 Å². The maximum Gasteiger partial charge on any atom is 0.114 e. The Morgan fingerprint density at radius 3 is 2.11 bits per heavy atom. The Hall–Kier alpha value is -0.0700. The predicted molar refractivity (Wildman–Crippen MR) is 37.1 cm³/mol. The van der Waals surface area contributed by atoms with E-state index in [0.29, 0.717) is 11.8 Å². The lowest BCUT2D eigenvalue weighted by Gasteiger charge is -1.94. The third-order valence-electron chi connectivity index (χ3n) is 2.71. The third-order valence-corrected chi connectivity index (χ3v) is 2.71. The van der Waals surface area contributed by atoms with E-state index in [-0.39, 0.29) is 0 Å². The molecule has 0 aromatic rings. The molecule has 54 valence electrons. The van der Waals surface area contributed by atoms with Crippen LogP contribution < -0.4 is 0 Å². The lowest BCUT2D eigenvalue weighted by atomic mass is 10.2. The first-order chi connectivity index (χ1) is 4.10. The minimum Gasteiger partial charge on any atom is -0.244 e. The molecular formula is C8H15F. The Morgan fingerprint density at radius 2 is 2.00 bits per heavy atom. The minimum absolute atomic E-state index is 0.317. The van der Waals surface area contributed by atoms with Gasteiger partial charge in [-0.05, 0) is 25.2 Å². The van der Waals surface area contributed by atoms with Gasteiger partial charge >= 0.3 is 0 Å². The van der Waals surface area contributed by atoms with Gasteiger partial charge in [0.2, 0.25) is 0 Å². The van der Waals surface area contributed by atoms with Crippen molar-refractivity contribution in [2.75, 3.05) is 0 Å². The molecule has 0 nitrogen and oxygen atoms in total. The van der Waals surface area contributed by atoms with E-state index in [1.54, 1.807) is 6.92 Å². The topological polar surface area (TPSA) is 0 Å². The van der Waals surface area contributed by atoms with Crippen molar-refractivity contribution >= 4 is 0 Å². The smallest absolute Gasteiger partial charge is 0.114 e. The quantitative estimate of drug-likeness (QED) is 0.539. The normalized spacial score (nSPS) is 49.3. The second-order valence-corrected chi connectivity index (χ2v) is 3.34. The van der Waals surface area contributed by atoms with Crippen LogP contribution >= 0.6 is 0 Å². The maximum absolute atomic E-state index is 13.0. The van der Waals surface area contributed by atoms with Crippen molar-refractivity contribution in [3.05, 3.63) is 0 Å². The van der Waals surface area contributed by atoms with Crippen molar-refractivity contribution in [1.82, 2.24) is 0 Å². The van der Waals surface area contributed by atoms with Crippen molar-refractivity contribution in [3.8, 4) is 0 Å². The van der Waals surface area contributed by atoms with Crippen molar-refractivity contribution in [3.63, 3.8) is 0 Å². The summed E-state index contributed by atoms with van der Waals surface area (Å²) in [6.45, 7) is 5.83. The molecule has 1 saturated carbocycles. The molecule has 3 unspecified atom stereocenters. The number of rotatable bonds is 2. The van der Waals surface area contributed by atoms with Gasteiger partial charge in [-0.1, -0.05) is 20.3 Å². The van der Waals surface area contributed by atoms with Crippen molar-refractivity contribution in [2.45, 2.75) is 39.3 Å². The minimum atomic E-state index is -0.823. The maximum atomic E-state index is 13.0. The fourth-order valence-corrected chi connectivity index (χ4v) is 1.63. The highest BCUT2D eigenvalue weighted by atomic mass is 19.1. The molecule has 1 aliphatic rings. The second kappa shape index (κ2) is 1.96. The van der Waals surface area contributed by atoms with E-state index in [9.17, 15) is 4.39 Å². The van der Waals surface area contributed by atoms with Crippen molar-refractivity contribution < 1.29 is 4.39 Å². The number of alkyl halides is 1. The molecule has 0 aromatic heterocycles. The summed E-state index contributed by atoms with van der Waals surface area (Å²) in [7, 11) is 0. The number of halogens is 1. The van der Waals surface area contributed by atoms with Crippen LogP contribution in [-0.4, -0.2) is 5.67 Å². The average molecular weight is 130 g/mol. The monoisotopic (exact) mass is 130 g/mol. The van der Waals surface area contributed by atoms with Gasteiger partial charge in [-0.25, -0.2) is 4.39 Å². The van der Waals surface area contributed by atoms with E-state index < -0.39 is 5.67 Å². The Bertz CT molecular complexity index is 107. The molecule has 3 atom stereocenters. The standard InChI is InChI=1S/C8H15F/c1-4-5-7-6(2)8(7,3)9/h6-7H,4-5H2,1-3H3. The summed E-state index contributed by atoms with van der Waals surface area (Å²) in [5.41, 5.74) is -0.823. The lowest BCUT2D eigenvalue weighted by Crippen LogP contribution is -1.95. The second-order valence-electron chi connectivity index (χ2n) is 3.34. The molecule has 0 amide bonds. The van der Waals surface area contributed by atoms with E-state index in [4.69, 9.17) is 0 Å². The summed E-state index contributed by atoms with van der Waals surface area (Å²) in [6, 6.07) is 0. The lowest BCUT2D eigenvalue weighted by molar-refractivity contribution is 0.290. The van der Waals surface area contributed by atoms with E-state index in [1.807, 2.05) is 6.92 Å². The largest absolute Gasteiger partial charge is 0.244 e. The van der Waals surface area contributed by atoms with Gasteiger partial charge < -0.3 is 0 Å².